The summed E-state index contributed by atoms with van der Waals surface area (Å²) in [6.07, 6.45) is 0. The normalized spacial score (nSPS) is 11.3. The number of carbonyl (C=O) groups is 1. The maximum atomic E-state index is 12.3. The average molecular weight is 248 g/mol. The summed E-state index contributed by atoms with van der Waals surface area (Å²) in [4.78, 5) is 13.7. The lowest BCUT2D eigenvalue weighted by molar-refractivity contribution is 0.0766. The van der Waals surface area contributed by atoms with Gasteiger partial charge in [0.15, 0.2) is 0 Å². The molecule has 1 aromatic carbocycles. The van der Waals surface area contributed by atoms with E-state index in [1.807, 2.05) is 6.07 Å². The van der Waals surface area contributed by atoms with Crippen LogP contribution in [0.2, 0.25) is 0 Å². The van der Waals surface area contributed by atoms with Crippen LogP contribution in [0, 0.1) is 11.3 Å². The summed E-state index contributed by atoms with van der Waals surface area (Å²) in [5.74, 6) is 0.547. The molecule has 0 radical (unpaired) electrons. The standard InChI is InChI=1S/C13H16N2O3/c1-9(8-14)15(2)13(16)12-10(17-3)6-5-7-11(12)18-4/h5-7,9H,1-4H3. The molecule has 0 spiro atoms. The molecule has 0 aliphatic carbocycles. The van der Waals surface area contributed by atoms with Gasteiger partial charge >= 0.3 is 0 Å². The van der Waals surface area contributed by atoms with Crippen molar-refractivity contribution in [3.05, 3.63) is 23.8 Å². The first-order valence-electron chi connectivity index (χ1n) is 5.44. The first-order valence-corrected chi connectivity index (χ1v) is 5.44. The molecule has 5 nitrogen and oxygen atoms in total. The van der Waals surface area contributed by atoms with Crippen LogP contribution in [0.1, 0.15) is 17.3 Å². The Morgan fingerprint density at radius 1 is 1.33 bits per heavy atom. The summed E-state index contributed by atoms with van der Waals surface area (Å²) >= 11 is 0. The van der Waals surface area contributed by atoms with Gasteiger partial charge in [-0.25, -0.2) is 0 Å². The Bertz CT molecular complexity index is 457. The molecule has 0 bridgehead atoms. The highest BCUT2D eigenvalue weighted by molar-refractivity contribution is 5.99. The number of hydrogen-bond acceptors (Lipinski definition) is 4. The quantitative estimate of drug-likeness (QED) is 0.813. The van der Waals surface area contributed by atoms with Crippen LogP contribution in [0.4, 0.5) is 0 Å². The van der Waals surface area contributed by atoms with E-state index in [-0.39, 0.29) is 5.91 Å². The Hall–Kier alpha value is -2.22. The first kappa shape index (κ1) is 13.8. The molecule has 5 heteroatoms. The van der Waals surface area contributed by atoms with Crippen molar-refractivity contribution in [1.29, 1.82) is 5.26 Å². The molecule has 1 amide bonds. The highest BCUT2D eigenvalue weighted by atomic mass is 16.5. The molecule has 0 aromatic heterocycles. The van der Waals surface area contributed by atoms with Gasteiger partial charge in [0.25, 0.3) is 5.91 Å². The first-order chi connectivity index (χ1) is 8.56. The molecule has 0 aliphatic heterocycles. The molecule has 18 heavy (non-hydrogen) atoms. The highest BCUT2D eigenvalue weighted by Gasteiger charge is 2.24. The number of ether oxygens (including phenoxy) is 2. The minimum atomic E-state index is -0.521. The average Bonchev–Trinajstić information content (AvgIpc) is 2.43. The van der Waals surface area contributed by atoms with Crippen LogP contribution in [0.15, 0.2) is 18.2 Å². The van der Waals surface area contributed by atoms with Crippen molar-refractivity contribution < 1.29 is 14.3 Å². The lowest BCUT2D eigenvalue weighted by Gasteiger charge is -2.21. The van der Waals surface area contributed by atoms with Gasteiger partial charge in [-0.15, -0.1) is 0 Å². The van der Waals surface area contributed by atoms with Crippen LogP contribution < -0.4 is 9.47 Å². The van der Waals surface area contributed by atoms with Gasteiger partial charge in [0.2, 0.25) is 0 Å². The van der Waals surface area contributed by atoms with Gasteiger partial charge in [0.05, 0.1) is 20.3 Å². The summed E-state index contributed by atoms with van der Waals surface area (Å²) in [5, 5.41) is 8.85. The second kappa shape index (κ2) is 5.92. The molecule has 1 atom stereocenters. The molecule has 1 unspecified atom stereocenters. The smallest absolute Gasteiger partial charge is 0.262 e. The maximum absolute atomic E-state index is 12.3. The fourth-order valence-corrected chi connectivity index (χ4v) is 1.50. The van der Waals surface area contributed by atoms with Crippen LogP contribution in [-0.2, 0) is 0 Å². The number of hydrogen-bond donors (Lipinski definition) is 0. The number of amides is 1. The molecule has 0 fully saturated rings. The van der Waals surface area contributed by atoms with Gasteiger partial charge in [-0.05, 0) is 19.1 Å². The van der Waals surface area contributed by atoms with Crippen molar-refractivity contribution >= 4 is 5.91 Å². The zero-order valence-electron chi connectivity index (χ0n) is 10.9. The van der Waals surface area contributed by atoms with E-state index in [1.54, 1.807) is 32.2 Å². The van der Waals surface area contributed by atoms with Crippen LogP contribution in [0.3, 0.4) is 0 Å². The van der Waals surface area contributed by atoms with Crippen LogP contribution in [0.25, 0.3) is 0 Å². The number of methoxy groups -OCH3 is 2. The Balaban J connectivity index is 3.23. The van der Waals surface area contributed by atoms with Gasteiger partial charge in [0.1, 0.15) is 23.1 Å². The van der Waals surface area contributed by atoms with E-state index in [1.165, 1.54) is 19.1 Å². The van der Waals surface area contributed by atoms with E-state index in [4.69, 9.17) is 14.7 Å². The van der Waals surface area contributed by atoms with Crippen LogP contribution >= 0.6 is 0 Å². The lowest BCUT2D eigenvalue weighted by Crippen LogP contribution is -2.34. The van der Waals surface area contributed by atoms with E-state index in [0.717, 1.165) is 0 Å². The Labute approximate surface area is 107 Å². The van der Waals surface area contributed by atoms with E-state index in [0.29, 0.717) is 17.1 Å². The number of nitriles is 1. The largest absolute Gasteiger partial charge is 0.496 e. The Morgan fingerprint density at radius 3 is 2.22 bits per heavy atom. The molecule has 0 saturated carbocycles. The highest BCUT2D eigenvalue weighted by Crippen LogP contribution is 2.29. The number of carbonyl (C=O) groups excluding carboxylic acids is 1. The number of nitrogens with zero attached hydrogens (tertiary/aromatic N) is 2. The van der Waals surface area contributed by atoms with Crippen molar-refractivity contribution in [3.63, 3.8) is 0 Å². The topological polar surface area (TPSA) is 62.6 Å². The third kappa shape index (κ3) is 2.54. The SMILES string of the molecule is COc1cccc(OC)c1C(=O)N(C)C(C)C#N. The maximum Gasteiger partial charge on any atom is 0.262 e. The summed E-state index contributed by atoms with van der Waals surface area (Å²) in [5.41, 5.74) is 0.326. The van der Waals surface area contributed by atoms with Crippen molar-refractivity contribution in [3.8, 4) is 17.6 Å². The van der Waals surface area contributed by atoms with Gasteiger partial charge in [-0.1, -0.05) is 6.07 Å². The summed E-state index contributed by atoms with van der Waals surface area (Å²) in [7, 11) is 4.54. The van der Waals surface area contributed by atoms with E-state index in [9.17, 15) is 4.79 Å². The Morgan fingerprint density at radius 2 is 1.83 bits per heavy atom. The third-order valence-electron chi connectivity index (χ3n) is 2.73. The predicted octanol–water partition coefficient (Wildman–Crippen LogP) is 1.69. The van der Waals surface area contributed by atoms with Gasteiger partial charge < -0.3 is 14.4 Å². The van der Waals surface area contributed by atoms with E-state index < -0.39 is 6.04 Å². The Kier molecular flexibility index (Phi) is 4.55. The molecule has 0 aliphatic rings. The van der Waals surface area contributed by atoms with Crippen LogP contribution in [0.5, 0.6) is 11.5 Å². The fraction of sp³-hybridized carbons (Fsp3) is 0.385. The monoisotopic (exact) mass is 248 g/mol. The molecule has 0 heterocycles. The summed E-state index contributed by atoms with van der Waals surface area (Å²) < 4.78 is 10.3. The molecule has 96 valence electrons. The molecule has 1 rings (SSSR count). The van der Waals surface area contributed by atoms with E-state index in [2.05, 4.69) is 0 Å². The minimum absolute atomic E-state index is 0.307. The molecule has 0 N–H and O–H groups in total. The lowest BCUT2D eigenvalue weighted by atomic mass is 10.1. The molecule has 1 aromatic rings. The van der Waals surface area contributed by atoms with E-state index >= 15 is 0 Å². The zero-order valence-corrected chi connectivity index (χ0v) is 10.9. The van der Waals surface area contributed by atoms with Gasteiger partial charge in [0, 0.05) is 7.05 Å². The number of benzene rings is 1. The second-order valence-electron chi connectivity index (χ2n) is 3.76. The third-order valence-corrected chi connectivity index (χ3v) is 2.73. The fourth-order valence-electron chi connectivity index (χ4n) is 1.50. The zero-order chi connectivity index (χ0) is 13.7. The van der Waals surface area contributed by atoms with Gasteiger partial charge in [-0.2, -0.15) is 5.26 Å². The van der Waals surface area contributed by atoms with Crippen LogP contribution in [-0.4, -0.2) is 38.1 Å². The van der Waals surface area contributed by atoms with Crippen molar-refractivity contribution in [2.45, 2.75) is 13.0 Å². The summed E-state index contributed by atoms with van der Waals surface area (Å²) in [6.45, 7) is 1.65. The van der Waals surface area contributed by atoms with Crippen molar-refractivity contribution in [1.82, 2.24) is 4.90 Å². The molecular formula is C13H16N2O3. The summed E-state index contributed by atoms with van der Waals surface area (Å²) in [6, 6.07) is 6.59. The van der Waals surface area contributed by atoms with Gasteiger partial charge in [-0.3, -0.25) is 4.79 Å². The predicted molar refractivity (Wildman–Crippen MR) is 66.7 cm³/mol. The number of rotatable bonds is 4. The van der Waals surface area contributed by atoms with Crippen molar-refractivity contribution in [2.75, 3.05) is 21.3 Å². The second-order valence-corrected chi connectivity index (χ2v) is 3.76. The van der Waals surface area contributed by atoms with Crippen molar-refractivity contribution in [2.24, 2.45) is 0 Å². The minimum Gasteiger partial charge on any atom is -0.496 e. The molecule has 0 saturated heterocycles. The molecular weight excluding hydrogens is 232 g/mol.